The Morgan fingerprint density at radius 2 is 2.00 bits per heavy atom. The summed E-state index contributed by atoms with van der Waals surface area (Å²) >= 11 is 3.24. The largest absolute Gasteiger partial charge is 0.347 e. The van der Waals surface area contributed by atoms with Crippen LogP contribution in [0.15, 0.2) is 22.8 Å². The predicted octanol–water partition coefficient (Wildman–Crippen LogP) is 3.14. The third kappa shape index (κ3) is 4.36. The van der Waals surface area contributed by atoms with Gasteiger partial charge in [-0.3, -0.25) is 0 Å². The van der Waals surface area contributed by atoms with E-state index in [2.05, 4.69) is 39.1 Å². The molecule has 0 saturated carbocycles. The molecule has 0 saturated heterocycles. The molecular formula is C16H23BrFN3O2S. The van der Waals surface area contributed by atoms with Gasteiger partial charge in [0, 0.05) is 44.3 Å². The molecule has 134 valence electrons. The van der Waals surface area contributed by atoms with Crippen molar-refractivity contribution in [3.63, 3.8) is 0 Å². The molecule has 1 N–H and O–H groups in total. The Kier molecular flexibility index (Phi) is 6.06. The van der Waals surface area contributed by atoms with Gasteiger partial charge in [0.1, 0.15) is 5.82 Å². The van der Waals surface area contributed by atoms with Crippen LogP contribution in [0.1, 0.15) is 19.4 Å². The van der Waals surface area contributed by atoms with Gasteiger partial charge < -0.3 is 4.57 Å². The Morgan fingerprint density at radius 1 is 1.33 bits per heavy atom. The van der Waals surface area contributed by atoms with Gasteiger partial charge in [0.25, 0.3) is 10.2 Å². The molecule has 0 bridgehead atoms. The van der Waals surface area contributed by atoms with Crippen molar-refractivity contribution in [1.82, 2.24) is 13.6 Å². The highest BCUT2D eigenvalue weighted by molar-refractivity contribution is 9.10. The Balaban J connectivity index is 2.31. The van der Waals surface area contributed by atoms with Crippen LogP contribution in [0, 0.1) is 11.7 Å². The highest BCUT2D eigenvalue weighted by Gasteiger charge is 2.15. The summed E-state index contributed by atoms with van der Waals surface area (Å²) in [6.45, 7) is 5.32. The second-order valence-electron chi connectivity index (χ2n) is 6.42. The highest BCUT2D eigenvalue weighted by atomic mass is 79.9. The van der Waals surface area contributed by atoms with Crippen molar-refractivity contribution in [2.45, 2.75) is 26.8 Å². The molecule has 0 amide bonds. The first-order valence-corrected chi connectivity index (χ1v) is 9.99. The van der Waals surface area contributed by atoms with Gasteiger partial charge in [0.2, 0.25) is 0 Å². The lowest BCUT2D eigenvalue weighted by Gasteiger charge is -2.11. The van der Waals surface area contributed by atoms with E-state index in [0.29, 0.717) is 16.8 Å². The molecule has 2 aromatic rings. The number of halogens is 2. The van der Waals surface area contributed by atoms with Gasteiger partial charge in [0.05, 0.1) is 4.47 Å². The van der Waals surface area contributed by atoms with Crippen LogP contribution in [0.25, 0.3) is 10.9 Å². The molecule has 0 fully saturated rings. The summed E-state index contributed by atoms with van der Waals surface area (Å²) in [6.07, 6.45) is 2.48. The molecule has 2 rings (SSSR count). The quantitative estimate of drug-likeness (QED) is 0.749. The Morgan fingerprint density at radius 3 is 2.58 bits per heavy atom. The molecule has 5 nitrogen and oxygen atoms in total. The molecule has 1 aromatic carbocycles. The lowest BCUT2D eigenvalue weighted by molar-refractivity contribution is 0.506. The standard InChI is InChI=1S/C16H23BrFN3O2S/c1-11(2)9-21-10-12(5-6-19-24(22,23)20(3)4)13-7-15(18)14(17)8-16(13)21/h7-8,10-11,19H,5-6,9H2,1-4H3. The van der Waals surface area contributed by atoms with Crippen LogP contribution in [0.2, 0.25) is 0 Å². The van der Waals surface area contributed by atoms with E-state index in [-0.39, 0.29) is 12.4 Å². The maximum Gasteiger partial charge on any atom is 0.278 e. The number of rotatable bonds is 7. The van der Waals surface area contributed by atoms with Crippen molar-refractivity contribution in [2.75, 3.05) is 20.6 Å². The normalized spacial score (nSPS) is 12.7. The lowest BCUT2D eigenvalue weighted by Crippen LogP contribution is -2.36. The van der Waals surface area contributed by atoms with Crippen LogP contribution in [0.4, 0.5) is 4.39 Å². The summed E-state index contributed by atoms with van der Waals surface area (Å²) in [5, 5.41) is 0.820. The van der Waals surface area contributed by atoms with E-state index in [1.54, 1.807) is 6.07 Å². The van der Waals surface area contributed by atoms with Crippen LogP contribution >= 0.6 is 15.9 Å². The first-order chi connectivity index (χ1) is 11.1. The molecule has 1 aromatic heterocycles. The molecule has 0 atom stereocenters. The third-order valence-corrected chi connectivity index (χ3v) is 5.87. The molecule has 0 aliphatic rings. The molecule has 1 heterocycles. The van der Waals surface area contributed by atoms with E-state index < -0.39 is 10.2 Å². The number of hydrogen-bond acceptors (Lipinski definition) is 2. The Labute approximate surface area is 151 Å². The topological polar surface area (TPSA) is 54.3 Å². The molecule has 0 unspecified atom stereocenters. The van der Waals surface area contributed by atoms with Crippen molar-refractivity contribution < 1.29 is 12.8 Å². The Bertz CT molecular complexity index is 831. The van der Waals surface area contributed by atoms with Crippen molar-refractivity contribution in [3.05, 3.63) is 34.2 Å². The average molecular weight is 420 g/mol. The van der Waals surface area contributed by atoms with Gasteiger partial charge in [-0.2, -0.15) is 12.7 Å². The zero-order valence-corrected chi connectivity index (χ0v) is 16.7. The van der Waals surface area contributed by atoms with E-state index in [4.69, 9.17) is 0 Å². The number of nitrogens with zero attached hydrogens (tertiary/aromatic N) is 2. The van der Waals surface area contributed by atoms with Crippen LogP contribution in [-0.4, -0.2) is 37.9 Å². The fraction of sp³-hybridized carbons (Fsp3) is 0.500. The molecule has 0 radical (unpaired) electrons. The second kappa shape index (κ2) is 7.51. The third-order valence-electron chi connectivity index (χ3n) is 3.73. The molecule has 24 heavy (non-hydrogen) atoms. The van der Waals surface area contributed by atoms with Crippen LogP contribution < -0.4 is 4.72 Å². The van der Waals surface area contributed by atoms with Gasteiger partial charge in [-0.15, -0.1) is 0 Å². The minimum atomic E-state index is -3.45. The maximum atomic E-state index is 13.9. The molecule has 0 aliphatic carbocycles. The SMILES string of the molecule is CC(C)Cn1cc(CCNS(=O)(=O)N(C)C)c2cc(F)c(Br)cc21. The van der Waals surface area contributed by atoms with E-state index in [1.165, 1.54) is 20.2 Å². The van der Waals surface area contributed by atoms with Crippen LogP contribution in [0.3, 0.4) is 0 Å². The summed E-state index contributed by atoms with van der Waals surface area (Å²) < 4.78 is 43.7. The summed E-state index contributed by atoms with van der Waals surface area (Å²) in [6, 6.07) is 3.28. The number of fused-ring (bicyclic) bond motifs is 1. The fourth-order valence-corrected chi connectivity index (χ4v) is 3.50. The van der Waals surface area contributed by atoms with Gasteiger partial charge in [-0.1, -0.05) is 13.8 Å². The fourth-order valence-electron chi connectivity index (χ4n) is 2.55. The second-order valence-corrected chi connectivity index (χ2v) is 9.24. The van der Waals surface area contributed by atoms with Crippen LogP contribution in [-0.2, 0) is 23.2 Å². The predicted molar refractivity (Wildman–Crippen MR) is 98.7 cm³/mol. The minimum Gasteiger partial charge on any atom is -0.347 e. The monoisotopic (exact) mass is 419 g/mol. The number of benzene rings is 1. The van der Waals surface area contributed by atoms with E-state index in [9.17, 15) is 12.8 Å². The summed E-state index contributed by atoms with van der Waals surface area (Å²) in [4.78, 5) is 0. The Hall–Kier alpha value is -0.960. The molecular weight excluding hydrogens is 397 g/mol. The van der Waals surface area contributed by atoms with Gasteiger partial charge in [-0.25, -0.2) is 9.11 Å². The van der Waals surface area contributed by atoms with Crippen molar-refractivity contribution in [3.8, 4) is 0 Å². The van der Waals surface area contributed by atoms with Gasteiger partial charge in [-0.05, 0) is 46.0 Å². The molecule has 0 aliphatic heterocycles. The zero-order chi connectivity index (χ0) is 18.1. The average Bonchev–Trinajstić information content (AvgIpc) is 2.76. The van der Waals surface area contributed by atoms with E-state index >= 15 is 0 Å². The highest BCUT2D eigenvalue weighted by Crippen LogP contribution is 2.28. The number of hydrogen-bond donors (Lipinski definition) is 1. The molecule has 8 heteroatoms. The van der Waals surface area contributed by atoms with Crippen molar-refractivity contribution in [2.24, 2.45) is 5.92 Å². The van der Waals surface area contributed by atoms with Crippen molar-refractivity contribution >= 4 is 37.0 Å². The molecule has 0 spiro atoms. The lowest BCUT2D eigenvalue weighted by atomic mass is 10.1. The minimum absolute atomic E-state index is 0.263. The van der Waals surface area contributed by atoms with Crippen molar-refractivity contribution in [1.29, 1.82) is 0 Å². The number of aromatic nitrogens is 1. The van der Waals surface area contributed by atoms with Gasteiger partial charge >= 0.3 is 0 Å². The summed E-state index contributed by atoms with van der Waals surface area (Å²) in [7, 11) is -0.502. The maximum absolute atomic E-state index is 13.9. The summed E-state index contributed by atoms with van der Waals surface area (Å²) in [5.74, 6) is 0.129. The first kappa shape index (κ1) is 19.4. The van der Waals surface area contributed by atoms with E-state index in [0.717, 1.165) is 27.3 Å². The summed E-state index contributed by atoms with van der Waals surface area (Å²) in [5.41, 5.74) is 1.88. The van der Waals surface area contributed by atoms with E-state index in [1.807, 2.05) is 6.20 Å². The van der Waals surface area contributed by atoms with Gasteiger partial charge in [0.15, 0.2) is 0 Å². The van der Waals surface area contributed by atoms with Crippen LogP contribution in [0.5, 0.6) is 0 Å². The number of nitrogens with one attached hydrogen (secondary N) is 1. The smallest absolute Gasteiger partial charge is 0.278 e. The first-order valence-electron chi connectivity index (χ1n) is 7.75. The zero-order valence-electron chi connectivity index (χ0n) is 14.3.